The Labute approximate surface area is 230 Å². The maximum atomic E-state index is 13.4. The highest BCUT2D eigenvalue weighted by molar-refractivity contribution is 7.89. The third kappa shape index (κ3) is 8.08. The van der Waals surface area contributed by atoms with E-state index in [0.29, 0.717) is 42.4 Å². The third-order valence-corrected chi connectivity index (χ3v) is 7.85. The van der Waals surface area contributed by atoms with Gasteiger partial charge in [-0.2, -0.15) is 0 Å². The van der Waals surface area contributed by atoms with Crippen LogP contribution in [0.15, 0.2) is 64.8 Å². The zero-order valence-electron chi connectivity index (χ0n) is 22.6. The van der Waals surface area contributed by atoms with Crippen molar-refractivity contribution in [1.29, 1.82) is 0 Å². The number of sulfonamides is 1. The zero-order chi connectivity index (χ0) is 28.1. The highest BCUT2D eigenvalue weighted by Gasteiger charge is 2.33. The molecule has 0 fully saturated rings. The summed E-state index contributed by atoms with van der Waals surface area (Å²) in [4.78, 5) is 25.5. The molecule has 38 heavy (non-hydrogen) atoms. The Bertz CT molecular complexity index is 1290. The van der Waals surface area contributed by atoms with Crippen LogP contribution in [-0.2, 0) is 37.1 Å². The Hall–Kier alpha value is -2.84. The standard InChI is InChI=1S/C29H36ClNO6S/c1-20(2)19-36-27-14-13-26(32)25(27)18-22-8-6-7-21(17-22)15-16-31(28(33)37-29(3,4)5)38(34,35)24-11-9-23(30)10-12-24/h6-12,17,20H,13-16,18-19H2,1-5H3. The molecule has 0 N–H and O–H groups in total. The number of Topliss-reactive ketones (excluding diaryl/α,β-unsaturated/α-hetero) is 1. The minimum Gasteiger partial charge on any atom is -0.497 e. The van der Waals surface area contributed by atoms with Gasteiger partial charge in [-0.3, -0.25) is 4.79 Å². The van der Waals surface area contributed by atoms with Crippen LogP contribution >= 0.6 is 11.6 Å². The van der Waals surface area contributed by atoms with E-state index in [1.807, 2.05) is 24.3 Å². The summed E-state index contributed by atoms with van der Waals surface area (Å²) >= 11 is 5.92. The predicted molar refractivity (Wildman–Crippen MR) is 147 cm³/mol. The monoisotopic (exact) mass is 561 g/mol. The molecule has 9 heteroatoms. The van der Waals surface area contributed by atoms with Crippen molar-refractivity contribution in [2.75, 3.05) is 13.2 Å². The number of ketones is 1. The van der Waals surface area contributed by atoms with E-state index in [4.69, 9.17) is 21.1 Å². The number of hydrogen-bond acceptors (Lipinski definition) is 6. The van der Waals surface area contributed by atoms with E-state index in [9.17, 15) is 18.0 Å². The summed E-state index contributed by atoms with van der Waals surface area (Å²) in [7, 11) is -4.18. The second-order valence-electron chi connectivity index (χ2n) is 10.8. The average molecular weight is 562 g/mol. The third-order valence-electron chi connectivity index (χ3n) is 5.82. The van der Waals surface area contributed by atoms with Crippen LogP contribution in [-0.4, -0.2) is 43.4 Å². The molecule has 0 heterocycles. The lowest BCUT2D eigenvalue weighted by molar-refractivity contribution is -0.115. The van der Waals surface area contributed by atoms with E-state index >= 15 is 0 Å². The molecule has 0 atom stereocenters. The summed E-state index contributed by atoms with van der Waals surface area (Å²) in [5, 5.41) is 0.387. The normalized spacial score (nSPS) is 14.2. The summed E-state index contributed by atoms with van der Waals surface area (Å²) < 4.78 is 38.9. The summed E-state index contributed by atoms with van der Waals surface area (Å²) in [5.41, 5.74) is 1.58. The Morgan fingerprint density at radius 2 is 1.71 bits per heavy atom. The molecule has 7 nitrogen and oxygen atoms in total. The number of ether oxygens (including phenoxy) is 2. The van der Waals surface area contributed by atoms with Crippen LogP contribution in [0.25, 0.3) is 0 Å². The minimum absolute atomic E-state index is 0.0536. The first kappa shape index (κ1) is 29.7. The van der Waals surface area contributed by atoms with Gasteiger partial charge in [-0.1, -0.05) is 49.7 Å². The first-order valence-electron chi connectivity index (χ1n) is 12.7. The number of benzene rings is 2. The highest BCUT2D eigenvalue weighted by Crippen LogP contribution is 2.28. The molecule has 1 aliphatic carbocycles. The van der Waals surface area contributed by atoms with Gasteiger partial charge in [0.1, 0.15) is 11.4 Å². The molecular formula is C29H36ClNO6S. The Kier molecular flexibility index (Phi) is 9.65. The maximum absolute atomic E-state index is 13.4. The van der Waals surface area contributed by atoms with E-state index in [1.54, 1.807) is 20.8 Å². The van der Waals surface area contributed by atoms with Crippen molar-refractivity contribution in [2.45, 2.75) is 70.8 Å². The maximum Gasteiger partial charge on any atom is 0.424 e. The molecule has 0 bridgehead atoms. The number of nitrogens with zero attached hydrogens (tertiary/aromatic N) is 1. The van der Waals surface area contributed by atoms with Gasteiger partial charge < -0.3 is 9.47 Å². The lowest BCUT2D eigenvalue weighted by Crippen LogP contribution is -2.41. The fourth-order valence-corrected chi connectivity index (χ4v) is 5.42. The number of allylic oxidation sites excluding steroid dienone is 2. The van der Waals surface area contributed by atoms with Gasteiger partial charge in [0.25, 0.3) is 10.0 Å². The molecule has 0 aliphatic heterocycles. The van der Waals surface area contributed by atoms with Crippen LogP contribution in [0.5, 0.6) is 0 Å². The SMILES string of the molecule is CC(C)COC1=C(Cc2cccc(CCN(C(=O)OC(C)(C)C)S(=O)(=O)c3ccc(Cl)cc3)c2)C(=O)CC1. The lowest BCUT2D eigenvalue weighted by Gasteiger charge is -2.27. The van der Waals surface area contributed by atoms with E-state index < -0.39 is 21.7 Å². The first-order valence-corrected chi connectivity index (χ1v) is 14.5. The number of rotatable bonds is 10. The smallest absolute Gasteiger partial charge is 0.424 e. The van der Waals surface area contributed by atoms with Crippen molar-refractivity contribution in [1.82, 2.24) is 4.31 Å². The van der Waals surface area contributed by atoms with Gasteiger partial charge in [-0.25, -0.2) is 17.5 Å². The molecule has 0 saturated heterocycles. The topological polar surface area (TPSA) is 90.0 Å². The van der Waals surface area contributed by atoms with Gasteiger partial charge in [0.2, 0.25) is 0 Å². The number of carbonyl (C=O) groups is 2. The zero-order valence-corrected chi connectivity index (χ0v) is 24.2. The van der Waals surface area contributed by atoms with Crippen LogP contribution < -0.4 is 0 Å². The summed E-state index contributed by atoms with van der Waals surface area (Å²) in [6.45, 7) is 9.61. The Morgan fingerprint density at radius 1 is 1.05 bits per heavy atom. The molecular weight excluding hydrogens is 526 g/mol. The van der Waals surface area contributed by atoms with Crippen LogP contribution in [0, 0.1) is 5.92 Å². The predicted octanol–water partition coefficient (Wildman–Crippen LogP) is 6.34. The fraction of sp³-hybridized carbons (Fsp3) is 0.448. The van der Waals surface area contributed by atoms with Gasteiger partial charge in [-0.15, -0.1) is 0 Å². The van der Waals surface area contributed by atoms with Crippen LogP contribution in [0.1, 0.15) is 58.6 Å². The molecule has 206 valence electrons. The lowest BCUT2D eigenvalue weighted by atomic mass is 10.0. The second kappa shape index (κ2) is 12.3. The first-order chi connectivity index (χ1) is 17.8. The fourth-order valence-electron chi connectivity index (χ4n) is 3.99. The highest BCUT2D eigenvalue weighted by atomic mass is 35.5. The van der Waals surface area contributed by atoms with Crippen molar-refractivity contribution in [2.24, 2.45) is 5.92 Å². The summed E-state index contributed by atoms with van der Waals surface area (Å²) in [6, 6.07) is 13.2. The van der Waals surface area contributed by atoms with Crippen LogP contribution in [0.2, 0.25) is 5.02 Å². The molecule has 0 unspecified atom stereocenters. The van der Waals surface area contributed by atoms with Crippen molar-refractivity contribution in [3.05, 3.63) is 76.0 Å². The molecule has 0 aromatic heterocycles. The van der Waals surface area contributed by atoms with E-state index in [2.05, 4.69) is 13.8 Å². The van der Waals surface area contributed by atoms with Gasteiger partial charge in [0.15, 0.2) is 5.78 Å². The molecule has 0 saturated carbocycles. The van der Waals surface area contributed by atoms with E-state index in [-0.39, 0.29) is 23.6 Å². The Balaban J connectivity index is 1.81. The van der Waals surface area contributed by atoms with Crippen molar-refractivity contribution in [3.63, 3.8) is 0 Å². The second-order valence-corrected chi connectivity index (χ2v) is 13.1. The van der Waals surface area contributed by atoms with Gasteiger partial charge in [0, 0.05) is 36.4 Å². The molecule has 1 amide bonds. The number of hydrogen-bond donors (Lipinski definition) is 0. The van der Waals surface area contributed by atoms with Gasteiger partial charge in [0.05, 0.1) is 11.5 Å². The summed E-state index contributed by atoms with van der Waals surface area (Å²) in [5.74, 6) is 1.22. The Morgan fingerprint density at radius 3 is 2.34 bits per heavy atom. The number of halogens is 1. The van der Waals surface area contributed by atoms with Crippen molar-refractivity contribution >= 4 is 33.5 Å². The van der Waals surface area contributed by atoms with Crippen molar-refractivity contribution < 1.29 is 27.5 Å². The average Bonchev–Trinajstić information content (AvgIpc) is 3.16. The van der Waals surface area contributed by atoms with Gasteiger partial charge in [-0.05, 0) is 68.5 Å². The van der Waals surface area contributed by atoms with Crippen LogP contribution in [0.3, 0.4) is 0 Å². The minimum atomic E-state index is -4.18. The molecule has 1 aliphatic rings. The molecule has 2 aromatic rings. The quantitative estimate of drug-likeness (QED) is 0.336. The van der Waals surface area contributed by atoms with Gasteiger partial charge >= 0.3 is 6.09 Å². The molecule has 0 spiro atoms. The largest absolute Gasteiger partial charge is 0.497 e. The molecule has 3 rings (SSSR count). The molecule has 0 radical (unpaired) electrons. The summed E-state index contributed by atoms with van der Waals surface area (Å²) in [6.07, 6.45) is 0.837. The van der Waals surface area contributed by atoms with Crippen molar-refractivity contribution in [3.8, 4) is 0 Å². The number of carbonyl (C=O) groups excluding carboxylic acids is 2. The van der Waals surface area contributed by atoms with E-state index in [0.717, 1.165) is 21.2 Å². The molecule has 2 aromatic carbocycles. The van der Waals surface area contributed by atoms with E-state index in [1.165, 1.54) is 24.3 Å². The number of amides is 1. The van der Waals surface area contributed by atoms with Crippen LogP contribution in [0.4, 0.5) is 4.79 Å².